The van der Waals surface area contributed by atoms with E-state index in [0.29, 0.717) is 18.9 Å². The van der Waals surface area contributed by atoms with Gasteiger partial charge in [-0.15, -0.1) is 0 Å². The van der Waals surface area contributed by atoms with Gasteiger partial charge in [-0.3, -0.25) is 4.79 Å². The molecule has 0 radical (unpaired) electrons. The number of carbonyl (C=O) groups excluding carboxylic acids is 1. The van der Waals surface area contributed by atoms with Crippen molar-refractivity contribution in [3.63, 3.8) is 0 Å². The molecule has 0 aromatic carbocycles. The Labute approximate surface area is 114 Å². The van der Waals surface area contributed by atoms with Crippen molar-refractivity contribution in [1.82, 2.24) is 5.32 Å². The lowest BCUT2D eigenvalue weighted by atomic mass is 9.70. The van der Waals surface area contributed by atoms with Gasteiger partial charge in [-0.2, -0.15) is 0 Å². The number of carboxylic acids is 1. The topological polar surface area (TPSA) is 92.4 Å². The maximum atomic E-state index is 12.4. The molecule has 1 atom stereocenters. The summed E-state index contributed by atoms with van der Waals surface area (Å²) in [6, 6.07) is -0.791. The molecule has 0 heterocycles. The molecule has 1 unspecified atom stereocenters. The van der Waals surface area contributed by atoms with Crippen LogP contribution in [0.2, 0.25) is 0 Å². The number of amides is 1. The van der Waals surface area contributed by atoms with Crippen LogP contribution in [0.15, 0.2) is 0 Å². The lowest BCUT2D eigenvalue weighted by Crippen LogP contribution is -2.52. The van der Waals surface area contributed by atoms with E-state index in [0.717, 1.165) is 32.1 Å². The van der Waals surface area contributed by atoms with Gasteiger partial charge in [0.2, 0.25) is 5.91 Å². The first-order valence-electron chi connectivity index (χ1n) is 7.19. The fourth-order valence-electron chi connectivity index (χ4n) is 2.70. The Hall–Kier alpha value is -1.10. The number of nitrogens with one attached hydrogen (secondary N) is 1. The molecule has 0 bridgehead atoms. The molecule has 0 saturated heterocycles. The van der Waals surface area contributed by atoms with E-state index >= 15 is 0 Å². The molecule has 0 spiro atoms. The Morgan fingerprint density at radius 3 is 2.42 bits per heavy atom. The summed E-state index contributed by atoms with van der Waals surface area (Å²) >= 11 is 0. The van der Waals surface area contributed by atoms with Crippen LogP contribution in [0, 0.1) is 11.3 Å². The molecule has 1 rings (SSSR count). The average molecular weight is 270 g/mol. The second kappa shape index (κ2) is 6.89. The third kappa shape index (κ3) is 3.93. The van der Waals surface area contributed by atoms with Crippen LogP contribution in [0.25, 0.3) is 0 Å². The van der Waals surface area contributed by atoms with E-state index in [-0.39, 0.29) is 5.91 Å². The van der Waals surface area contributed by atoms with Crippen LogP contribution in [-0.4, -0.2) is 29.6 Å². The molecule has 0 aromatic rings. The van der Waals surface area contributed by atoms with Gasteiger partial charge in [-0.25, -0.2) is 4.79 Å². The summed E-state index contributed by atoms with van der Waals surface area (Å²) in [6.07, 6.45) is 4.66. The van der Waals surface area contributed by atoms with E-state index in [9.17, 15) is 9.59 Å². The lowest BCUT2D eigenvalue weighted by Gasteiger charge is -2.37. The number of rotatable bonds is 6. The Morgan fingerprint density at radius 1 is 1.42 bits per heavy atom. The molecule has 1 amide bonds. The molecule has 1 aliphatic carbocycles. The summed E-state index contributed by atoms with van der Waals surface area (Å²) in [5, 5.41) is 11.8. The van der Waals surface area contributed by atoms with E-state index in [4.69, 9.17) is 10.8 Å². The number of carboxylic acid groups (broad SMARTS) is 1. The predicted molar refractivity (Wildman–Crippen MR) is 73.6 cm³/mol. The van der Waals surface area contributed by atoms with Gasteiger partial charge in [0.25, 0.3) is 0 Å². The molecule has 1 fully saturated rings. The third-order valence-corrected chi connectivity index (χ3v) is 4.28. The number of hydrogen-bond acceptors (Lipinski definition) is 3. The van der Waals surface area contributed by atoms with Gasteiger partial charge in [0.1, 0.15) is 6.04 Å². The van der Waals surface area contributed by atoms with Crippen molar-refractivity contribution in [2.45, 2.75) is 58.4 Å². The normalized spacial score (nSPS) is 28.7. The highest BCUT2D eigenvalue weighted by molar-refractivity contribution is 5.87. The summed E-state index contributed by atoms with van der Waals surface area (Å²) < 4.78 is 0. The molecule has 1 saturated carbocycles. The van der Waals surface area contributed by atoms with Crippen LogP contribution in [-0.2, 0) is 9.59 Å². The third-order valence-electron chi connectivity index (χ3n) is 4.28. The summed E-state index contributed by atoms with van der Waals surface area (Å²) in [5.74, 6) is -0.521. The molecule has 4 N–H and O–H groups in total. The molecule has 5 heteroatoms. The van der Waals surface area contributed by atoms with Crippen LogP contribution in [0.4, 0.5) is 0 Å². The fourth-order valence-corrected chi connectivity index (χ4v) is 2.70. The van der Waals surface area contributed by atoms with Crippen LogP contribution >= 0.6 is 0 Å². The highest BCUT2D eigenvalue weighted by Gasteiger charge is 2.41. The molecular formula is C14H26N2O3. The Morgan fingerprint density at radius 2 is 2.00 bits per heavy atom. The van der Waals surface area contributed by atoms with Crippen molar-refractivity contribution in [2.24, 2.45) is 17.1 Å². The van der Waals surface area contributed by atoms with Crippen molar-refractivity contribution in [3.05, 3.63) is 0 Å². The fraction of sp³-hybridized carbons (Fsp3) is 0.857. The van der Waals surface area contributed by atoms with Gasteiger partial charge in [0, 0.05) is 6.54 Å². The van der Waals surface area contributed by atoms with Crippen molar-refractivity contribution in [2.75, 3.05) is 6.54 Å². The van der Waals surface area contributed by atoms with Gasteiger partial charge >= 0.3 is 5.97 Å². The number of hydrogen-bond donors (Lipinski definition) is 3. The van der Waals surface area contributed by atoms with Gasteiger partial charge < -0.3 is 16.2 Å². The minimum absolute atomic E-state index is 0.178. The predicted octanol–water partition coefficient (Wildman–Crippen LogP) is 1.51. The first-order chi connectivity index (χ1) is 8.95. The van der Waals surface area contributed by atoms with Crippen LogP contribution < -0.4 is 11.1 Å². The molecule has 0 aromatic heterocycles. The molecule has 1 aliphatic rings. The molecule has 110 valence electrons. The molecule has 0 aliphatic heterocycles. The minimum atomic E-state index is -0.966. The zero-order chi connectivity index (χ0) is 14.5. The molecular weight excluding hydrogens is 244 g/mol. The Bertz CT molecular complexity index is 323. The molecule has 5 nitrogen and oxygen atoms in total. The van der Waals surface area contributed by atoms with E-state index in [2.05, 4.69) is 12.2 Å². The van der Waals surface area contributed by atoms with E-state index in [1.165, 1.54) is 0 Å². The Balaban J connectivity index is 2.70. The maximum Gasteiger partial charge on any atom is 0.326 e. The van der Waals surface area contributed by atoms with E-state index in [1.54, 1.807) is 0 Å². The zero-order valence-electron chi connectivity index (χ0n) is 11.9. The standard InChI is InChI=1S/C14H26N2O3/c1-3-4-11(12(17)18)16-13(19)14(9-15)7-5-10(2)6-8-14/h10-11H,3-9,15H2,1-2H3,(H,16,19)(H,17,18). The van der Waals surface area contributed by atoms with E-state index in [1.807, 2.05) is 6.92 Å². The quantitative estimate of drug-likeness (QED) is 0.682. The smallest absolute Gasteiger partial charge is 0.326 e. The van der Waals surface area contributed by atoms with Crippen molar-refractivity contribution >= 4 is 11.9 Å². The van der Waals surface area contributed by atoms with Gasteiger partial charge in [0.05, 0.1) is 5.41 Å². The molecule has 19 heavy (non-hydrogen) atoms. The largest absolute Gasteiger partial charge is 0.480 e. The average Bonchev–Trinajstić information content (AvgIpc) is 2.39. The van der Waals surface area contributed by atoms with Crippen LogP contribution in [0.5, 0.6) is 0 Å². The summed E-state index contributed by atoms with van der Waals surface area (Å²) in [5.41, 5.74) is 5.24. The number of carbonyl (C=O) groups is 2. The van der Waals surface area contributed by atoms with Crippen LogP contribution in [0.3, 0.4) is 0 Å². The summed E-state index contributed by atoms with van der Waals surface area (Å²) in [6.45, 7) is 4.38. The monoisotopic (exact) mass is 270 g/mol. The van der Waals surface area contributed by atoms with Gasteiger partial charge in [-0.05, 0) is 38.0 Å². The first-order valence-corrected chi connectivity index (χ1v) is 7.19. The zero-order valence-corrected chi connectivity index (χ0v) is 11.9. The SMILES string of the molecule is CCCC(NC(=O)C1(CN)CCC(C)CC1)C(=O)O. The highest BCUT2D eigenvalue weighted by atomic mass is 16.4. The number of aliphatic carboxylic acids is 1. The van der Waals surface area contributed by atoms with Gasteiger partial charge in [0.15, 0.2) is 0 Å². The second-order valence-corrected chi connectivity index (χ2v) is 5.82. The Kier molecular flexibility index (Phi) is 5.79. The maximum absolute atomic E-state index is 12.4. The van der Waals surface area contributed by atoms with Crippen molar-refractivity contribution in [1.29, 1.82) is 0 Å². The van der Waals surface area contributed by atoms with Crippen molar-refractivity contribution < 1.29 is 14.7 Å². The minimum Gasteiger partial charge on any atom is -0.480 e. The van der Waals surface area contributed by atoms with E-state index < -0.39 is 17.4 Å². The summed E-state index contributed by atoms with van der Waals surface area (Å²) in [4.78, 5) is 23.5. The number of nitrogens with two attached hydrogens (primary N) is 1. The van der Waals surface area contributed by atoms with Crippen LogP contribution in [0.1, 0.15) is 52.4 Å². The second-order valence-electron chi connectivity index (χ2n) is 5.82. The van der Waals surface area contributed by atoms with Gasteiger partial charge in [-0.1, -0.05) is 20.3 Å². The highest BCUT2D eigenvalue weighted by Crippen LogP contribution is 2.38. The summed E-state index contributed by atoms with van der Waals surface area (Å²) in [7, 11) is 0. The van der Waals surface area contributed by atoms with Crippen molar-refractivity contribution in [3.8, 4) is 0 Å². The lowest BCUT2D eigenvalue weighted by molar-refractivity contribution is -0.144. The first kappa shape index (κ1) is 16.0.